The molecule has 0 unspecified atom stereocenters. The lowest BCUT2D eigenvalue weighted by Crippen LogP contribution is -2.70. The Balaban J connectivity index is 3.18. The van der Waals surface area contributed by atoms with E-state index in [1.165, 1.54) is 20.8 Å². The summed E-state index contributed by atoms with van der Waals surface area (Å²) in [5.74, 6) is -2.49. The number of rotatable bonds is 4. The van der Waals surface area contributed by atoms with E-state index in [2.05, 4.69) is 0 Å². The molecular weight excluding hydrogens is 303 g/mol. The van der Waals surface area contributed by atoms with Crippen LogP contribution < -0.4 is 10.6 Å². The molecule has 9 heteroatoms. The zero-order valence-electron chi connectivity index (χ0n) is 12.9. The van der Waals surface area contributed by atoms with Gasteiger partial charge in [0.2, 0.25) is 5.91 Å². The Morgan fingerprint density at radius 2 is 1.82 bits per heavy atom. The Morgan fingerprint density at radius 1 is 1.27 bits per heavy atom. The van der Waals surface area contributed by atoms with E-state index in [0.717, 1.165) is 0 Å². The minimum absolute atomic E-state index is 0.135. The number of carbonyl (C=O) groups is 3. The van der Waals surface area contributed by atoms with E-state index in [0.29, 0.717) is 17.7 Å². The van der Waals surface area contributed by atoms with Crippen molar-refractivity contribution in [2.75, 3.05) is 6.54 Å². The van der Waals surface area contributed by atoms with Crippen LogP contribution in [-0.2, 0) is 9.59 Å². The highest BCUT2D eigenvalue weighted by atomic mass is 19.4. The van der Waals surface area contributed by atoms with Crippen molar-refractivity contribution >= 4 is 17.8 Å². The predicted molar refractivity (Wildman–Crippen MR) is 71.5 cm³/mol. The van der Waals surface area contributed by atoms with Gasteiger partial charge < -0.3 is 5.32 Å². The maximum absolute atomic E-state index is 13.4. The monoisotopic (exact) mass is 323 g/mol. The smallest absolute Gasteiger partial charge is 0.317 e. The normalized spacial score (nSPS) is 22.8. The number of nitrogens with one attached hydrogen (secondary N) is 2. The zero-order chi connectivity index (χ0) is 17.3. The van der Waals surface area contributed by atoms with Gasteiger partial charge in [0.05, 0.1) is 0 Å². The summed E-state index contributed by atoms with van der Waals surface area (Å²) in [5, 5.41) is 3.27. The summed E-state index contributed by atoms with van der Waals surface area (Å²) in [6, 6.07) is -1.16. The lowest BCUT2D eigenvalue weighted by atomic mass is 9.94. The summed E-state index contributed by atoms with van der Waals surface area (Å²) in [5.41, 5.74) is -4.55. The average Bonchev–Trinajstić information content (AvgIpc) is 2.58. The molecule has 126 valence electrons. The van der Waals surface area contributed by atoms with Gasteiger partial charge in [-0.3, -0.25) is 19.8 Å². The Labute approximate surface area is 126 Å². The van der Waals surface area contributed by atoms with Crippen molar-refractivity contribution in [1.29, 1.82) is 0 Å². The van der Waals surface area contributed by atoms with E-state index in [9.17, 15) is 27.6 Å². The van der Waals surface area contributed by atoms with Crippen LogP contribution in [0.1, 0.15) is 40.5 Å². The molecule has 6 nitrogen and oxygen atoms in total. The Hall–Kier alpha value is -1.80. The first-order valence-corrected chi connectivity index (χ1v) is 6.90. The number of unbranched alkanes of at least 4 members (excludes halogenated alkanes) is 1. The van der Waals surface area contributed by atoms with Crippen LogP contribution in [-0.4, -0.2) is 41.1 Å². The van der Waals surface area contributed by atoms with Crippen LogP contribution in [0, 0.1) is 5.41 Å². The number of halogens is 3. The maximum Gasteiger partial charge on any atom is 0.440 e. The fourth-order valence-electron chi connectivity index (χ4n) is 1.80. The second-order valence-corrected chi connectivity index (χ2v) is 6.19. The lowest BCUT2D eigenvalue weighted by Gasteiger charge is -2.32. The quantitative estimate of drug-likeness (QED) is 0.774. The topological polar surface area (TPSA) is 78.5 Å². The summed E-state index contributed by atoms with van der Waals surface area (Å²) in [7, 11) is 0. The van der Waals surface area contributed by atoms with Crippen molar-refractivity contribution in [2.45, 2.75) is 52.4 Å². The van der Waals surface area contributed by atoms with Crippen LogP contribution in [0.25, 0.3) is 0 Å². The number of carbonyl (C=O) groups excluding carboxylic acids is 3. The van der Waals surface area contributed by atoms with Crippen LogP contribution in [0.2, 0.25) is 0 Å². The number of nitrogens with zero attached hydrogens (tertiary/aromatic N) is 1. The molecule has 22 heavy (non-hydrogen) atoms. The van der Waals surface area contributed by atoms with Gasteiger partial charge in [-0.15, -0.1) is 0 Å². The van der Waals surface area contributed by atoms with Crippen LogP contribution in [0.5, 0.6) is 0 Å². The molecule has 0 aromatic heterocycles. The summed E-state index contributed by atoms with van der Waals surface area (Å²) >= 11 is 0. The molecule has 0 saturated carbocycles. The molecular formula is C13H20F3N3O3. The van der Waals surface area contributed by atoms with Gasteiger partial charge >= 0.3 is 12.2 Å². The Kier molecular flexibility index (Phi) is 4.79. The molecule has 1 fully saturated rings. The van der Waals surface area contributed by atoms with Gasteiger partial charge in [-0.05, 0) is 6.42 Å². The van der Waals surface area contributed by atoms with Crippen LogP contribution in [0.15, 0.2) is 0 Å². The predicted octanol–water partition coefficient (Wildman–Crippen LogP) is 1.76. The van der Waals surface area contributed by atoms with Crippen molar-refractivity contribution in [3.8, 4) is 0 Å². The highest BCUT2D eigenvalue weighted by Crippen LogP contribution is 2.34. The molecule has 0 aromatic carbocycles. The molecule has 4 amide bonds. The molecule has 2 N–H and O–H groups in total. The van der Waals surface area contributed by atoms with Crippen LogP contribution in [0.4, 0.5) is 18.0 Å². The fraction of sp³-hybridized carbons (Fsp3) is 0.769. The Bertz CT molecular complexity index is 485. The molecule has 0 radical (unpaired) electrons. The summed E-state index contributed by atoms with van der Waals surface area (Å²) in [4.78, 5) is 36.3. The molecule has 1 saturated heterocycles. The molecule has 1 rings (SSSR count). The number of alkyl halides is 3. The Morgan fingerprint density at radius 3 is 2.23 bits per heavy atom. The summed E-state index contributed by atoms with van der Waals surface area (Å²) in [6.45, 7) is 5.86. The van der Waals surface area contributed by atoms with E-state index >= 15 is 0 Å². The van der Waals surface area contributed by atoms with Crippen molar-refractivity contribution in [3.63, 3.8) is 0 Å². The first kappa shape index (κ1) is 18.2. The van der Waals surface area contributed by atoms with E-state index < -0.39 is 35.1 Å². The SMILES string of the molecule is CCCCN1C(=O)N[C@](NC(=O)C(C)(C)C)(C(F)(F)F)C1=O. The van der Waals surface area contributed by atoms with Crippen molar-refractivity contribution in [1.82, 2.24) is 15.5 Å². The zero-order valence-corrected chi connectivity index (χ0v) is 12.9. The first-order chi connectivity index (χ1) is 9.87. The average molecular weight is 323 g/mol. The molecule has 1 aliphatic rings. The third-order valence-corrected chi connectivity index (χ3v) is 3.25. The van der Waals surface area contributed by atoms with Gasteiger partial charge in [0.15, 0.2) is 0 Å². The molecule has 0 aromatic rings. The van der Waals surface area contributed by atoms with Crippen molar-refractivity contribution in [2.24, 2.45) is 5.41 Å². The van der Waals surface area contributed by atoms with E-state index in [1.54, 1.807) is 17.6 Å². The molecule has 1 aliphatic heterocycles. The van der Waals surface area contributed by atoms with Crippen molar-refractivity contribution in [3.05, 3.63) is 0 Å². The highest BCUT2D eigenvalue weighted by Gasteiger charge is 2.69. The minimum Gasteiger partial charge on any atom is -0.317 e. The second-order valence-electron chi connectivity index (χ2n) is 6.19. The number of hydrogen-bond acceptors (Lipinski definition) is 3. The third kappa shape index (κ3) is 3.17. The third-order valence-electron chi connectivity index (χ3n) is 3.25. The lowest BCUT2D eigenvalue weighted by molar-refractivity contribution is -0.205. The van der Waals surface area contributed by atoms with Gasteiger partial charge in [0, 0.05) is 12.0 Å². The van der Waals surface area contributed by atoms with Gasteiger partial charge in [-0.2, -0.15) is 13.2 Å². The van der Waals surface area contributed by atoms with Gasteiger partial charge in [-0.1, -0.05) is 34.1 Å². The first-order valence-electron chi connectivity index (χ1n) is 6.90. The molecule has 1 heterocycles. The maximum atomic E-state index is 13.4. The van der Waals surface area contributed by atoms with Gasteiger partial charge in [0.1, 0.15) is 0 Å². The van der Waals surface area contributed by atoms with E-state index in [4.69, 9.17) is 0 Å². The van der Waals surface area contributed by atoms with Gasteiger partial charge in [0.25, 0.3) is 11.6 Å². The highest BCUT2D eigenvalue weighted by molar-refractivity contribution is 6.09. The standard InChI is InChI=1S/C13H20F3N3O3/c1-5-6-7-19-9(21)12(13(14,15)16,18-10(19)22)17-8(20)11(2,3)4/h5-7H2,1-4H3,(H,17,20)(H,18,22)/t12-/m0/s1. The number of hydrogen-bond donors (Lipinski definition) is 2. The number of urea groups is 1. The molecule has 1 atom stereocenters. The largest absolute Gasteiger partial charge is 0.440 e. The molecule has 0 aliphatic carbocycles. The summed E-state index contributed by atoms with van der Waals surface area (Å²) in [6.07, 6.45) is -4.17. The molecule has 0 spiro atoms. The van der Waals surface area contributed by atoms with Crippen LogP contribution in [0.3, 0.4) is 0 Å². The van der Waals surface area contributed by atoms with E-state index in [-0.39, 0.29) is 6.54 Å². The number of imide groups is 1. The number of amides is 4. The minimum atomic E-state index is -5.15. The fourth-order valence-corrected chi connectivity index (χ4v) is 1.80. The summed E-state index contributed by atoms with van der Waals surface area (Å²) < 4.78 is 40.2. The second kappa shape index (κ2) is 5.77. The van der Waals surface area contributed by atoms with Gasteiger partial charge in [-0.25, -0.2) is 4.79 Å². The van der Waals surface area contributed by atoms with E-state index in [1.807, 2.05) is 0 Å². The molecule has 0 bridgehead atoms. The van der Waals surface area contributed by atoms with Crippen molar-refractivity contribution < 1.29 is 27.6 Å². The van der Waals surface area contributed by atoms with Crippen LogP contribution >= 0.6 is 0 Å².